The summed E-state index contributed by atoms with van der Waals surface area (Å²) in [7, 11) is 0. The molecular formula is C16H17BrN2O2. The summed E-state index contributed by atoms with van der Waals surface area (Å²) < 4.78 is 0.919. The first-order valence-corrected chi connectivity index (χ1v) is 7.96. The van der Waals surface area contributed by atoms with E-state index in [2.05, 4.69) is 27.8 Å². The molecule has 0 fully saturated rings. The van der Waals surface area contributed by atoms with E-state index in [1.807, 2.05) is 18.2 Å². The molecule has 0 aliphatic carbocycles. The van der Waals surface area contributed by atoms with E-state index in [0.29, 0.717) is 12.1 Å². The third kappa shape index (κ3) is 2.68. The summed E-state index contributed by atoms with van der Waals surface area (Å²) in [6.07, 6.45) is 1.89. The number of nitrogens with zero attached hydrogens (tertiary/aromatic N) is 2. The second-order valence-corrected chi connectivity index (χ2v) is 6.32. The summed E-state index contributed by atoms with van der Waals surface area (Å²) in [5, 5.41) is 10.4. The Kier molecular flexibility index (Phi) is 3.95. The molecular weight excluding hydrogens is 332 g/mol. The van der Waals surface area contributed by atoms with Crippen molar-refractivity contribution in [3.63, 3.8) is 0 Å². The number of carbonyl (C=O) groups is 1. The van der Waals surface area contributed by atoms with Crippen molar-refractivity contribution in [2.75, 3.05) is 13.1 Å². The number of halogens is 1. The molecule has 1 aliphatic heterocycles. The van der Waals surface area contributed by atoms with Gasteiger partial charge in [0.2, 0.25) is 0 Å². The van der Waals surface area contributed by atoms with Gasteiger partial charge in [-0.05, 0) is 25.1 Å². The summed E-state index contributed by atoms with van der Waals surface area (Å²) in [4.78, 5) is 18.8. The van der Waals surface area contributed by atoms with Gasteiger partial charge < -0.3 is 5.11 Å². The van der Waals surface area contributed by atoms with Crippen LogP contribution in [0.3, 0.4) is 0 Å². The number of carboxylic acids is 1. The number of fused-ring (bicyclic) bond motifs is 2. The molecule has 5 heteroatoms. The van der Waals surface area contributed by atoms with E-state index in [0.717, 1.165) is 52.6 Å². The zero-order valence-electron chi connectivity index (χ0n) is 11.9. The molecule has 4 nitrogen and oxygen atoms in total. The van der Waals surface area contributed by atoms with Crippen LogP contribution in [0, 0.1) is 0 Å². The average molecular weight is 349 g/mol. The Morgan fingerprint density at radius 2 is 2.29 bits per heavy atom. The van der Waals surface area contributed by atoms with Gasteiger partial charge in [0.15, 0.2) is 0 Å². The summed E-state index contributed by atoms with van der Waals surface area (Å²) >= 11 is 3.42. The lowest BCUT2D eigenvalue weighted by molar-refractivity contribution is 0.0695. The monoisotopic (exact) mass is 348 g/mol. The minimum Gasteiger partial charge on any atom is -0.478 e. The Morgan fingerprint density at radius 3 is 3.00 bits per heavy atom. The zero-order chi connectivity index (χ0) is 15.0. The quantitative estimate of drug-likeness (QED) is 0.922. The minimum absolute atomic E-state index is 0.420. The van der Waals surface area contributed by atoms with Crippen LogP contribution in [0.1, 0.15) is 35.0 Å². The van der Waals surface area contributed by atoms with Crippen LogP contribution in [0.5, 0.6) is 0 Å². The maximum absolute atomic E-state index is 11.8. The van der Waals surface area contributed by atoms with Crippen molar-refractivity contribution in [3.05, 3.63) is 39.5 Å². The fourth-order valence-corrected chi connectivity index (χ4v) is 3.37. The molecule has 0 saturated heterocycles. The van der Waals surface area contributed by atoms with E-state index >= 15 is 0 Å². The van der Waals surface area contributed by atoms with Crippen molar-refractivity contribution in [3.8, 4) is 0 Å². The lowest BCUT2D eigenvalue weighted by Gasteiger charge is -2.29. The molecule has 1 aliphatic rings. The first-order valence-electron chi connectivity index (χ1n) is 7.16. The van der Waals surface area contributed by atoms with Gasteiger partial charge in [-0.25, -0.2) is 4.79 Å². The van der Waals surface area contributed by atoms with Crippen LogP contribution in [-0.4, -0.2) is 34.0 Å². The van der Waals surface area contributed by atoms with Crippen molar-refractivity contribution in [1.29, 1.82) is 0 Å². The third-order valence-electron chi connectivity index (χ3n) is 3.93. The third-order valence-corrected chi connectivity index (χ3v) is 4.43. The van der Waals surface area contributed by atoms with Gasteiger partial charge in [0.25, 0.3) is 0 Å². The predicted octanol–water partition coefficient (Wildman–Crippen LogP) is 3.46. The lowest BCUT2D eigenvalue weighted by Crippen LogP contribution is -2.33. The molecule has 0 bridgehead atoms. The maximum atomic E-state index is 11.8. The summed E-state index contributed by atoms with van der Waals surface area (Å²) in [6.45, 7) is 4.77. The highest BCUT2D eigenvalue weighted by Gasteiger charge is 2.25. The Bertz CT molecular complexity index is 715. The predicted molar refractivity (Wildman–Crippen MR) is 85.7 cm³/mol. The van der Waals surface area contributed by atoms with Crippen LogP contribution in [0.4, 0.5) is 0 Å². The van der Waals surface area contributed by atoms with Gasteiger partial charge in [0, 0.05) is 40.6 Å². The van der Waals surface area contributed by atoms with Crippen LogP contribution in [-0.2, 0) is 13.0 Å². The molecule has 21 heavy (non-hydrogen) atoms. The molecule has 1 aromatic carbocycles. The SMILES string of the molecule is CCCN1CCc2nc3cc(Br)ccc3c(C(=O)O)c2C1. The molecule has 110 valence electrons. The number of rotatable bonds is 3. The Labute approximate surface area is 131 Å². The number of pyridine rings is 1. The van der Waals surface area contributed by atoms with Crippen LogP contribution < -0.4 is 0 Å². The number of hydrogen-bond acceptors (Lipinski definition) is 3. The van der Waals surface area contributed by atoms with Gasteiger partial charge in [-0.3, -0.25) is 9.88 Å². The van der Waals surface area contributed by atoms with Gasteiger partial charge in [0.05, 0.1) is 11.1 Å². The lowest BCUT2D eigenvalue weighted by atomic mass is 9.96. The molecule has 0 radical (unpaired) electrons. The normalized spacial score (nSPS) is 15.1. The number of hydrogen-bond donors (Lipinski definition) is 1. The average Bonchev–Trinajstić information content (AvgIpc) is 2.44. The topological polar surface area (TPSA) is 53.4 Å². The van der Waals surface area contributed by atoms with Gasteiger partial charge in [-0.2, -0.15) is 0 Å². The number of carboxylic acid groups (broad SMARTS) is 1. The van der Waals surface area contributed by atoms with E-state index in [1.165, 1.54) is 0 Å². The van der Waals surface area contributed by atoms with Crippen LogP contribution >= 0.6 is 15.9 Å². The van der Waals surface area contributed by atoms with E-state index in [-0.39, 0.29) is 0 Å². The summed E-state index contributed by atoms with van der Waals surface area (Å²) in [5.74, 6) is -0.862. The van der Waals surface area contributed by atoms with Crippen molar-refractivity contribution >= 4 is 32.8 Å². The molecule has 3 rings (SSSR count). The zero-order valence-corrected chi connectivity index (χ0v) is 13.5. The number of aromatic carboxylic acids is 1. The van der Waals surface area contributed by atoms with Gasteiger partial charge in [-0.15, -0.1) is 0 Å². The van der Waals surface area contributed by atoms with Crippen LogP contribution in [0.15, 0.2) is 22.7 Å². The molecule has 1 N–H and O–H groups in total. The first-order chi connectivity index (χ1) is 10.1. The molecule has 2 aromatic rings. The fraction of sp³-hybridized carbons (Fsp3) is 0.375. The van der Waals surface area contributed by atoms with E-state index in [9.17, 15) is 9.90 Å². The van der Waals surface area contributed by atoms with Crippen molar-refractivity contribution in [2.45, 2.75) is 26.3 Å². The largest absolute Gasteiger partial charge is 0.478 e. The molecule has 0 spiro atoms. The Balaban J connectivity index is 2.20. The van der Waals surface area contributed by atoms with E-state index in [4.69, 9.17) is 4.98 Å². The van der Waals surface area contributed by atoms with E-state index in [1.54, 1.807) is 0 Å². The van der Waals surface area contributed by atoms with Crippen molar-refractivity contribution < 1.29 is 9.90 Å². The van der Waals surface area contributed by atoms with Crippen LogP contribution in [0.25, 0.3) is 10.9 Å². The Hall–Kier alpha value is -1.46. The second kappa shape index (κ2) is 5.73. The molecule has 1 aromatic heterocycles. The highest BCUT2D eigenvalue weighted by molar-refractivity contribution is 9.10. The molecule has 0 saturated carbocycles. The standard InChI is InChI=1S/C16H17BrN2O2/c1-2-6-19-7-5-13-12(9-19)15(16(20)21)11-4-3-10(17)8-14(11)18-13/h3-4,8H,2,5-7,9H2,1H3,(H,20,21). The molecule has 0 unspecified atom stereocenters. The van der Waals surface area contributed by atoms with E-state index < -0.39 is 5.97 Å². The van der Waals surface area contributed by atoms with Gasteiger partial charge in [-0.1, -0.05) is 28.9 Å². The number of benzene rings is 1. The van der Waals surface area contributed by atoms with Crippen molar-refractivity contribution in [2.24, 2.45) is 0 Å². The second-order valence-electron chi connectivity index (χ2n) is 5.40. The summed E-state index contributed by atoms with van der Waals surface area (Å²) in [5.41, 5.74) is 3.00. The highest BCUT2D eigenvalue weighted by Crippen LogP contribution is 2.29. The maximum Gasteiger partial charge on any atom is 0.336 e. The molecule has 2 heterocycles. The minimum atomic E-state index is -0.862. The molecule has 0 amide bonds. The Morgan fingerprint density at radius 1 is 1.48 bits per heavy atom. The smallest absolute Gasteiger partial charge is 0.336 e. The van der Waals surface area contributed by atoms with Crippen molar-refractivity contribution in [1.82, 2.24) is 9.88 Å². The highest BCUT2D eigenvalue weighted by atomic mass is 79.9. The first kappa shape index (κ1) is 14.5. The summed E-state index contributed by atoms with van der Waals surface area (Å²) in [6, 6.07) is 5.60. The fourth-order valence-electron chi connectivity index (χ4n) is 3.02. The van der Waals surface area contributed by atoms with Gasteiger partial charge in [0.1, 0.15) is 0 Å². The number of aromatic nitrogens is 1. The van der Waals surface area contributed by atoms with Gasteiger partial charge >= 0.3 is 5.97 Å². The van der Waals surface area contributed by atoms with Crippen LogP contribution in [0.2, 0.25) is 0 Å². The molecule has 0 atom stereocenters.